The number of carbonyl (C=O) groups excluding carboxylic acids is 2. The highest BCUT2D eigenvalue weighted by Crippen LogP contribution is 2.27. The fraction of sp³-hybridized carbons (Fsp3) is 0.292. The summed E-state index contributed by atoms with van der Waals surface area (Å²) < 4.78 is 0. The van der Waals surface area contributed by atoms with Crippen LogP contribution in [0.3, 0.4) is 0 Å². The summed E-state index contributed by atoms with van der Waals surface area (Å²) in [5.41, 5.74) is 5.85. The first-order valence-electron chi connectivity index (χ1n) is 10.4. The van der Waals surface area contributed by atoms with E-state index in [2.05, 4.69) is 10.3 Å². The van der Waals surface area contributed by atoms with Crippen molar-refractivity contribution in [1.29, 1.82) is 0 Å². The van der Waals surface area contributed by atoms with E-state index in [-0.39, 0.29) is 30.5 Å². The monoisotopic (exact) mass is 451 g/mol. The molecule has 2 amide bonds. The third-order valence-electron chi connectivity index (χ3n) is 5.72. The number of rotatable bonds is 5. The van der Waals surface area contributed by atoms with E-state index in [4.69, 9.17) is 0 Å². The van der Waals surface area contributed by atoms with E-state index in [1.54, 1.807) is 24.3 Å². The molecular formula is C24H25N3O4S. The molecule has 2 aromatic carbocycles. The highest BCUT2D eigenvalue weighted by molar-refractivity contribution is 7.13. The third-order valence-corrected chi connectivity index (χ3v) is 6.70. The number of carbonyl (C=O) groups is 2. The number of hydrogen-bond donors (Lipinski definition) is 3. The average molecular weight is 452 g/mol. The molecule has 0 radical (unpaired) electrons. The number of hydrogen-bond acceptors (Lipinski definition) is 6. The van der Waals surface area contributed by atoms with Crippen LogP contribution in [0.2, 0.25) is 0 Å². The summed E-state index contributed by atoms with van der Waals surface area (Å²) in [4.78, 5) is 32.7. The minimum absolute atomic E-state index is 0.0170. The summed E-state index contributed by atoms with van der Waals surface area (Å²) in [6.45, 7) is 4.14. The molecule has 1 aliphatic heterocycles. The number of aliphatic hydroxyl groups excluding tert-OH is 1. The molecule has 1 saturated heterocycles. The highest BCUT2D eigenvalue weighted by atomic mass is 32.1. The van der Waals surface area contributed by atoms with Crippen molar-refractivity contribution < 1.29 is 19.8 Å². The second-order valence-corrected chi connectivity index (χ2v) is 8.90. The summed E-state index contributed by atoms with van der Waals surface area (Å²) in [5, 5.41) is 22.8. The van der Waals surface area contributed by atoms with Crippen LogP contribution >= 0.6 is 11.3 Å². The van der Waals surface area contributed by atoms with Gasteiger partial charge in [-0.05, 0) is 42.7 Å². The molecule has 1 aromatic heterocycles. The smallest absolute Gasteiger partial charge is 0.255 e. The predicted octanol–water partition coefficient (Wildman–Crippen LogP) is 3.02. The topological polar surface area (TPSA) is 103 Å². The molecule has 4 rings (SSSR count). The molecule has 1 aliphatic rings. The van der Waals surface area contributed by atoms with Gasteiger partial charge in [-0.15, -0.1) is 11.3 Å². The number of phenols is 1. The summed E-state index contributed by atoms with van der Waals surface area (Å²) in [6, 6.07) is 11.7. The van der Waals surface area contributed by atoms with Gasteiger partial charge in [0.2, 0.25) is 5.91 Å². The molecule has 0 saturated carbocycles. The molecule has 1 fully saturated rings. The number of amides is 2. The van der Waals surface area contributed by atoms with E-state index in [0.29, 0.717) is 17.7 Å². The Morgan fingerprint density at radius 2 is 1.94 bits per heavy atom. The maximum Gasteiger partial charge on any atom is 0.255 e. The van der Waals surface area contributed by atoms with E-state index in [1.807, 2.05) is 36.7 Å². The molecule has 0 aliphatic carbocycles. The zero-order valence-electron chi connectivity index (χ0n) is 17.9. The molecule has 2 atom stereocenters. The van der Waals surface area contributed by atoms with E-state index < -0.39 is 12.1 Å². The molecule has 3 aromatic rings. The number of aromatic hydroxyl groups is 1. The van der Waals surface area contributed by atoms with E-state index in [9.17, 15) is 19.8 Å². The second-order valence-electron chi connectivity index (χ2n) is 8.04. The Kier molecular flexibility index (Phi) is 6.25. The van der Waals surface area contributed by atoms with Crippen molar-refractivity contribution in [2.45, 2.75) is 39.0 Å². The maximum absolute atomic E-state index is 13.1. The van der Waals surface area contributed by atoms with Crippen molar-refractivity contribution in [2.75, 3.05) is 6.54 Å². The largest absolute Gasteiger partial charge is 0.508 e. The fourth-order valence-corrected chi connectivity index (χ4v) is 4.75. The Morgan fingerprint density at radius 1 is 1.19 bits per heavy atom. The lowest BCUT2D eigenvalue weighted by Crippen LogP contribution is -2.45. The Hall–Kier alpha value is -3.23. The zero-order valence-corrected chi connectivity index (χ0v) is 18.7. The van der Waals surface area contributed by atoms with Crippen molar-refractivity contribution in [3.05, 3.63) is 70.4 Å². The van der Waals surface area contributed by atoms with Gasteiger partial charge in [0.1, 0.15) is 11.8 Å². The van der Waals surface area contributed by atoms with E-state index >= 15 is 0 Å². The van der Waals surface area contributed by atoms with Gasteiger partial charge in [-0.25, -0.2) is 4.98 Å². The molecule has 3 N–H and O–H groups in total. The number of nitrogens with one attached hydrogen (secondary N) is 1. The number of aromatic nitrogens is 1. The standard InChI is InChI=1S/C24H25N3O4S/c1-14-3-8-18(28)9-20(14)24(31)27-12-19(29)10-21(27)23(30)25-11-16-4-6-17(7-5-16)22-15(2)26-13-32-22/h3-9,13,19,21,28-29H,10-12H2,1-2H3,(H,25,30)/t19-,21+/m1/s1. The fourth-order valence-electron chi connectivity index (χ4n) is 3.94. The van der Waals surface area contributed by atoms with Gasteiger partial charge < -0.3 is 20.4 Å². The molecular weight excluding hydrogens is 426 g/mol. The molecule has 32 heavy (non-hydrogen) atoms. The highest BCUT2D eigenvalue weighted by Gasteiger charge is 2.39. The SMILES string of the molecule is Cc1ccc(O)cc1C(=O)N1C[C@H](O)C[C@H]1C(=O)NCc1ccc(-c2scnc2C)cc1. The summed E-state index contributed by atoms with van der Waals surface area (Å²) in [6.07, 6.45) is -0.590. The minimum Gasteiger partial charge on any atom is -0.508 e. The van der Waals surface area contributed by atoms with Gasteiger partial charge in [0, 0.05) is 25.1 Å². The van der Waals surface area contributed by atoms with Crippen molar-refractivity contribution in [2.24, 2.45) is 0 Å². The molecule has 0 bridgehead atoms. The van der Waals surface area contributed by atoms with Crippen LogP contribution in [0.15, 0.2) is 48.0 Å². The summed E-state index contributed by atoms with van der Waals surface area (Å²) in [7, 11) is 0. The summed E-state index contributed by atoms with van der Waals surface area (Å²) >= 11 is 1.59. The number of thiazole rings is 1. The van der Waals surface area contributed by atoms with Gasteiger partial charge >= 0.3 is 0 Å². The van der Waals surface area contributed by atoms with Crippen LogP contribution in [-0.2, 0) is 11.3 Å². The average Bonchev–Trinajstić information content (AvgIpc) is 3.39. The van der Waals surface area contributed by atoms with E-state index in [1.165, 1.54) is 17.0 Å². The Labute approximate surface area is 190 Å². The van der Waals surface area contributed by atoms with E-state index in [0.717, 1.165) is 21.7 Å². The number of likely N-dealkylation sites (tertiary alicyclic amines) is 1. The van der Waals surface area contributed by atoms with Gasteiger partial charge in [-0.2, -0.15) is 0 Å². The molecule has 8 heteroatoms. The Balaban J connectivity index is 1.43. The normalized spacial score (nSPS) is 18.0. The minimum atomic E-state index is -0.769. The quantitative estimate of drug-likeness (QED) is 0.553. The Bertz CT molecular complexity index is 1140. The first-order chi connectivity index (χ1) is 15.3. The van der Waals surface area contributed by atoms with Crippen LogP contribution < -0.4 is 5.32 Å². The van der Waals surface area contributed by atoms with Crippen molar-refractivity contribution >= 4 is 23.2 Å². The van der Waals surface area contributed by atoms with Crippen LogP contribution in [-0.4, -0.2) is 50.6 Å². The summed E-state index contributed by atoms with van der Waals surface area (Å²) in [5.74, 6) is -0.703. The van der Waals surface area contributed by atoms with Crippen molar-refractivity contribution in [1.82, 2.24) is 15.2 Å². The van der Waals surface area contributed by atoms with Crippen LogP contribution in [0.1, 0.15) is 33.6 Å². The van der Waals surface area contributed by atoms with Crippen LogP contribution in [0.5, 0.6) is 5.75 Å². The number of aryl methyl sites for hydroxylation is 2. The number of β-amino-alcohol motifs (C(OH)–C–C–N with tert-alkyl or cyclic N) is 1. The molecule has 7 nitrogen and oxygen atoms in total. The lowest BCUT2D eigenvalue weighted by molar-refractivity contribution is -0.125. The van der Waals surface area contributed by atoms with Gasteiger partial charge in [0.05, 0.1) is 22.2 Å². The second kappa shape index (κ2) is 9.10. The molecule has 0 unspecified atom stereocenters. The third kappa shape index (κ3) is 4.51. The van der Waals surface area contributed by atoms with Gasteiger partial charge in [-0.1, -0.05) is 30.3 Å². The number of nitrogens with zero attached hydrogens (tertiary/aromatic N) is 2. The lowest BCUT2D eigenvalue weighted by atomic mass is 10.1. The van der Waals surface area contributed by atoms with Gasteiger partial charge in [0.15, 0.2) is 0 Å². The number of phenolic OH excluding ortho intramolecular Hbond substituents is 1. The first-order valence-corrected chi connectivity index (χ1v) is 11.3. The van der Waals surface area contributed by atoms with Crippen molar-refractivity contribution in [3.63, 3.8) is 0 Å². The first kappa shape index (κ1) is 22.0. The molecule has 0 spiro atoms. The van der Waals surface area contributed by atoms with Crippen LogP contribution in [0.25, 0.3) is 10.4 Å². The zero-order chi connectivity index (χ0) is 22.8. The Morgan fingerprint density at radius 3 is 2.62 bits per heavy atom. The molecule has 166 valence electrons. The van der Waals surface area contributed by atoms with Gasteiger partial charge in [0.25, 0.3) is 5.91 Å². The van der Waals surface area contributed by atoms with Gasteiger partial charge in [-0.3, -0.25) is 9.59 Å². The van der Waals surface area contributed by atoms with Crippen LogP contribution in [0.4, 0.5) is 0 Å². The maximum atomic E-state index is 13.1. The molecule has 2 heterocycles. The number of benzene rings is 2. The number of aliphatic hydroxyl groups is 1. The van der Waals surface area contributed by atoms with Crippen molar-refractivity contribution in [3.8, 4) is 16.2 Å². The van der Waals surface area contributed by atoms with Crippen LogP contribution in [0, 0.1) is 13.8 Å². The predicted molar refractivity (Wildman–Crippen MR) is 122 cm³/mol. The lowest BCUT2D eigenvalue weighted by Gasteiger charge is -2.24.